The van der Waals surface area contributed by atoms with Gasteiger partial charge in [-0.2, -0.15) is 0 Å². The SMILES string of the molecule is Cl.O=C1CCC(N2Cc3c(cc(F)c(N4CCN(CC5CCNCC5)CC4)c3F)C2=O)C(=O)N1. The third-order valence-electron chi connectivity index (χ3n) is 7.36. The summed E-state index contributed by atoms with van der Waals surface area (Å²) < 4.78 is 30.6. The Bertz CT molecular complexity index is 980. The molecule has 3 fully saturated rings. The zero-order valence-electron chi connectivity index (χ0n) is 18.9. The standard InChI is InChI=1S/C23H29F2N5O3.ClH/c24-17-11-15-16(13-30(23(15)33)18-1-2-19(31)27-22(18)32)20(25)21(17)29-9-7-28(8-10-29)12-14-3-5-26-6-4-14;/h11,14,18,26H,1-10,12-13H2,(H,27,31,32);1H. The fraction of sp³-hybridized carbons (Fsp3) is 0.609. The topological polar surface area (TPSA) is 85.0 Å². The van der Waals surface area contributed by atoms with E-state index in [9.17, 15) is 14.4 Å². The molecule has 1 atom stereocenters. The molecule has 34 heavy (non-hydrogen) atoms. The summed E-state index contributed by atoms with van der Waals surface area (Å²) in [7, 11) is 0. The van der Waals surface area contributed by atoms with E-state index in [1.165, 1.54) is 4.90 Å². The largest absolute Gasteiger partial charge is 0.364 e. The number of carbonyl (C=O) groups is 3. The number of nitrogens with zero attached hydrogens (tertiary/aromatic N) is 3. The molecular formula is C23H30ClF2N5O3. The number of nitrogens with one attached hydrogen (secondary N) is 2. The second kappa shape index (κ2) is 10.1. The van der Waals surface area contributed by atoms with E-state index in [2.05, 4.69) is 15.5 Å². The van der Waals surface area contributed by atoms with Crippen LogP contribution in [0.25, 0.3) is 0 Å². The number of hydrogen-bond donors (Lipinski definition) is 2. The van der Waals surface area contributed by atoms with Crippen LogP contribution in [0.1, 0.15) is 41.6 Å². The zero-order valence-corrected chi connectivity index (χ0v) is 19.8. The number of halogens is 3. The second-order valence-electron chi connectivity index (χ2n) is 9.43. The summed E-state index contributed by atoms with van der Waals surface area (Å²) in [5.74, 6) is -2.35. The van der Waals surface area contributed by atoms with Crippen LogP contribution in [-0.2, 0) is 16.1 Å². The minimum Gasteiger partial charge on any atom is -0.364 e. The van der Waals surface area contributed by atoms with Crippen molar-refractivity contribution in [1.82, 2.24) is 20.4 Å². The molecule has 8 nitrogen and oxygen atoms in total. The predicted molar refractivity (Wildman–Crippen MR) is 124 cm³/mol. The molecule has 0 bridgehead atoms. The van der Waals surface area contributed by atoms with Crippen molar-refractivity contribution in [3.05, 3.63) is 28.8 Å². The smallest absolute Gasteiger partial charge is 0.255 e. The zero-order chi connectivity index (χ0) is 23.1. The number of carbonyl (C=O) groups excluding carboxylic acids is 3. The Morgan fingerprint density at radius 3 is 2.38 bits per heavy atom. The minimum absolute atomic E-state index is 0. The van der Waals surface area contributed by atoms with E-state index < -0.39 is 29.5 Å². The maximum Gasteiger partial charge on any atom is 0.255 e. The fourth-order valence-electron chi connectivity index (χ4n) is 5.50. The molecule has 4 heterocycles. The molecule has 0 saturated carbocycles. The molecule has 5 rings (SSSR count). The van der Waals surface area contributed by atoms with Gasteiger partial charge in [0.2, 0.25) is 11.8 Å². The number of fused-ring (bicyclic) bond motifs is 1. The summed E-state index contributed by atoms with van der Waals surface area (Å²) in [5.41, 5.74) is -0.00517. The molecule has 0 radical (unpaired) electrons. The van der Waals surface area contributed by atoms with Gasteiger partial charge >= 0.3 is 0 Å². The third-order valence-corrected chi connectivity index (χ3v) is 7.36. The number of piperidine rings is 2. The number of anilines is 1. The Morgan fingerprint density at radius 1 is 1.00 bits per heavy atom. The van der Waals surface area contributed by atoms with Gasteiger partial charge in [-0.25, -0.2) is 8.78 Å². The van der Waals surface area contributed by atoms with Crippen molar-refractivity contribution < 1.29 is 23.2 Å². The summed E-state index contributed by atoms with van der Waals surface area (Å²) in [4.78, 5) is 41.8. The van der Waals surface area contributed by atoms with E-state index >= 15 is 8.78 Å². The van der Waals surface area contributed by atoms with Crippen molar-refractivity contribution in [2.75, 3.05) is 50.7 Å². The monoisotopic (exact) mass is 497 g/mol. The van der Waals surface area contributed by atoms with Gasteiger partial charge in [0.15, 0.2) is 5.82 Å². The summed E-state index contributed by atoms with van der Waals surface area (Å²) in [6.07, 6.45) is 2.61. The van der Waals surface area contributed by atoms with Crippen molar-refractivity contribution in [3.63, 3.8) is 0 Å². The van der Waals surface area contributed by atoms with E-state index in [0.717, 1.165) is 51.6 Å². The van der Waals surface area contributed by atoms with E-state index in [4.69, 9.17) is 0 Å². The highest BCUT2D eigenvalue weighted by molar-refractivity contribution is 6.05. The lowest BCUT2D eigenvalue weighted by Gasteiger charge is -2.38. The maximum atomic E-state index is 15.5. The molecule has 1 aromatic carbocycles. The highest BCUT2D eigenvalue weighted by Gasteiger charge is 2.42. The Hall–Kier alpha value is -2.30. The van der Waals surface area contributed by atoms with Crippen LogP contribution >= 0.6 is 12.4 Å². The van der Waals surface area contributed by atoms with E-state index in [-0.39, 0.29) is 54.5 Å². The van der Waals surface area contributed by atoms with E-state index in [1.807, 2.05) is 0 Å². The minimum atomic E-state index is -0.855. The molecule has 11 heteroatoms. The van der Waals surface area contributed by atoms with Crippen molar-refractivity contribution in [2.45, 2.75) is 38.3 Å². The Labute approximate surface area is 203 Å². The number of amides is 3. The number of hydrogen-bond acceptors (Lipinski definition) is 6. The maximum absolute atomic E-state index is 15.5. The number of piperazine rings is 1. The molecule has 0 spiro atoms. The fourth-order valence-corrected chi connectivity index (χ4v) is 5.50. The molecular weight excluding hydrogens is 468 g/mol. The van der Waals surface area contributed by atoms with Gasteiger partial charge < -0.3 is 15.1 Å². The summed E-state index contributed by atoms with van der Waals surface area (Å²) in [6, 6.07) is 0.246. The lowest BCUT2D eigenvalue weighted by atomic mass is 9.97. The van der Waals surface area contributed by atoms with Gasteiger partial charge in [-0.05, 0) is 44.3 Å². The van der Waals surface area contributed by atoms with Crippen molar-refractivity contribution in [3.8, 4) is 0 Å². The predicted octanol–water partition coefficient (Wildman–Crippen LogP) is 1.27. The van der Waals surface area contributed by atoms with Crippen LogP contribution in [0.2, 0.25) is 0 Å². The average molecular weight is 498 g/mol. The first-order valence-corrected chi connectivity index (χ1v) is 11.8. The van der Waals surface area contributed by atoms with E-state index in [0.29, 0.717) is 19.0 Å². The molecule has 1 aromatic rings. The van der Waals surface area contributed by atoms with Crippen LogP contribution in [-0.4, -0.2) is 79.4 Å². The third kappa shape index (κ3) is 4.63. The molecule has 0 aliphatic carbocycles. The first kappa shape index (κ1) is 24.8. The molecule has 1 unspecified atom stereocenters. The molecule has 4 aliphatic heterocycles. The highest BCUT2D eigenvalue weighted by Crippen LogP contribution is 2.36. The molecule has 0 aromatic heterocycles. The van der Waals surface area contributed by atoms with Crippen LogP contribution in [0.4, 0.5) is 14.5 Å². The highest BCUT2D eigenvalue weighted by atomic mass is 35.5. The normalized spacial score (nSPS) is 24.2. The number of rotatable bonds is 4. The summed E-state index contributed by atoms with van der Waals surface area (Å²) in [5, 5.41) is 5.59. The van der Waals surface area contributed by atoms with Crippen molar-refractivity contribution in [1.29, 1.82) is 0 Å². The van der Waals surface area contributed by atoms with Crippen LogP contribution in [0.5, 0.6) is 0 Å². The van der Waals surface area contributed by atoms with Crippen molar-refractivity contribution in [2.24, 2.45) is 5.92 Å². The van der Waals surface area contributed by atoms with Gasteiger partial charge in [-0.1, -0.05) is 0 Å². The Kier molecular flexibility index (Phi) is 7.39. The first-order chi connectivity index (χ1) is 15.9. The van der Waals surface area contributed by atoms with Crippen LogP contribution in [0, 0.1) is 17.6 Å². The quantitative estimate of drug-likeness (QED) is 0.609. The molecule has 3 amide bonds. The first-order valence-electron chi connectivity index (χ1n) is 11.8. The molecule has 3 saturated heterocycles. The Balaban J connectivity index is 0.00000274. The van der Waals surface area contributed by atoms with Crippen LogP contribution in [0.3, 0.4) is 0 Å². The number of benzene rings is 1. The van der Waals surface area contributed by atoms with Crippen molar-refractivity contribution >= 4 is 35.8 Å². The van der Waals surface area contributed by atoms with Gasteiger partial charge in [-0.3, -0.25) is 24.6 Å². The van der Waals surface area contributed by atoms with E-state index in [1.54, 1.807) is 4.90 Å². The molecule has 4 aliphatic rings. The van der Waals surface area contributed by atoms with Gasteiger partial charge in [0.1, 0.15) is 17.5 Å². The van der Waals surface area contributed by atoms with Gasteiger partial charge in [0.25, 0.3) is 5.91 Å². The summed E-state index contributed by atoms with van der Waals surface area (Å²) >= 11 is 0. The Morgan fingerprint density at radius 2 is 1.71 bits per heavy atom. The lowest BCUT2D eigenvalue weighted by Crippen LogP contribution is -2.52. The van der Waals surface area contributed by atoms with Gasteiger partial charge in [0.05, 0.1) is 12.1 Å². The number of imide groups is 1. The molecule has 2 N–H and O–H groups in total. The lowest BCUT2D eigenvalue weighted by molar-refractivity contribution is -0.136. The molecule has 186 valence electrons. The van der Waals surface area contributed by atoms with Crippen LogP contribution in [0.15, 0.2) is 6.07 Å². The van der Waals surface area contributed by atoms with Gasteiger partial charge in [0, 0.05) is 44.7 Å². The van der Waals surface area contributed by atoms with Gasteiger partial charge in [-0.15, -0.1) is 12.4 Å². The average Bonchev–Trinajstić information content (AvgIpc) is 3.12. The van der Waals surface area contributed by atoms with Crippen LogP contribution < -0.4 is 15.5 Å². The summed E-state index contributed by atoms with van der Waals surface area (Å²) in [6.45, 7) is 5.51. The second-order valence-corrected chi connectivity index (χ2v) is 9.43.